The molecule has 124 heavy (non-hydrogen) atoms. The highest BCUT2D eigenvalue weighted by Gasteiger charge is 2.39. The van der Waals surface area contributed by atoms with Gasteiger partial charge in [-0.25, -0.2) is 0 Å². The number of nitrogens with zero attached hydrogens (tertiary/aromatic N) is 16. The van der Waals surface area contributed by atoms with Crippen molar-refractivity contribution in [3.63, 3.8) is 0 Å². The highest BCUT2D eigenvalue weighted by Crippen LogP contribution is 2.29. The normalized spacial score (nSPS) is 25.4. The average molecular weight is 1760 g/mol. The van der Waals surface area contributed by atoms with Crippen LogP contribution in [0.3, 0.4) is 0 Å². The number of piperazine rings is 6. The van der Waals surface area contributed by atoms with E-state index in [0.717, 1.165) is 117 Å². The first-order chi connectivity index (χ1) is 56.9. The smallest absolute Gasteiger partial charge is 0.0758 e. The third-order valence-electron chi connectivity index (χ3n) is 27.0. The van der Waals surface area contributed by atoms with Crippen molar-refractivity contribution < 1.29 is 24.4 Å². The van der Waals surface area contributed by atoms with Crippen LogP contribution in [-0.2, 0) is 20.8 Å². The fraction of sp³-hybridized carbons (Fsp3) is 0.941. The Hall–Kier alpha value is -1.66. The number of hydrogen-bond donors (Lipinski definition) is 3. The second-order valence-electron chi connectivity index (χ2n) is 48.4. The number of benzene rings is 1. The molecule has 11 fully saturated rings. The number of aliphatic hydroxyl groups excluding tert-OH is 1. The van der Waals surface area contributed by atoms with Crippen LogP contribution in [0, 0.1) is 0 Å². The molecule has 11 aliphatic heterocycles. The molecule has 0 bridgehead atoms. The first-order valence-electron chi connectivity index (χ1n) is 49.6. The minimum absolute atomic E-state index is 0.0841. The van der Waals surface area contributed by atoms with Crippen molar-refractivity contribution in [3.8, 4) is 0 Å². The lowest BCUT2D eigenvalue weighted by atomic mass is 10.0. The molecule has 1 aromatic carbocycles. The van der Waals surface area contributed by atoms with Gasteiger partial charge in [0.15, 0.2) is 0 Å². The zero-order valence-corrected chi connectivity index (χ0v) is 89.2. The van der Waals surface area contributed by atoms with E-state index in [-0.39, 0.29) is 17.2 Å². The molecule has 0 saturated carbocycles. The van der Waals surface area contributed by atoms with Gasteiger partial charge in [0.2, 0.25) is 0 Å². The topological polar surface area (TPSA) is 132 Å². The Morgan fingerprint density at radius 2 is 0.766 bits per heavy atom. The van der Waals surface area contributed by atoms with Crippen molar-refractivity contribution in [1.82, 2.24) is 83.7 Å². The van der Waals surface area contributed by atoms with Gasteiger partial charge in [0.25, 0.3) is 0 Å². The van der Waals surface area contributed by atoms with E-state index >= 15 is 0 Å². The van der Waals surface area contributed by atoms with E-state index in [1.165, 1.54) is 169 Å². The molecule has 22 heteroatoms. The molecule has 11 aliphatic rings. The van der Waals surface area contributed by atoms with E-state index in [1.807, 2.05) is 6.92 Å². The fourth-order valence-electron chi connectivity index (χ4n) is 17.9. The van der Waals surface area contributed by atoms with Crippen molar-refractivity contribution in [3.05, 3.63) is 35.9 Å². The summed E-state index contributed by atoms with van der Waals surface area (Å²) in [6.45, 7) is 126. The molecule has 0 aromatic heterocycles. The van der Waals surface area contributed by atoms with E-state index < -0.39 is 5.60 Å². The van der Waals surface area contributed by atoms with Crippen LogP contribution in [0.4, 0.5) is 0 Å². The minimum atomic E-state index is -0.451. The number of likely N-dealkylation sites (N-methyl/N-ethyl adjacent to an activating group) is 2. The molecule has 12 rings (SSSR count). The van der Waals surface area contributed by atoms with Gasteiger partial charge in [0.1, 0.15) is 0 Å². The molecule has 0 aliphatic carbocycles. The van der Waals surface area contributed by atoms with Gasteiger partial charge in [-0.2, -0.15) is 0 Å². The molecule has 734 valence electrons. The number of aliphatic hydroxyl groups is 2. The summed E-state index contributed by atoms with van der Waals surface area (Å²) in [5.74, 6) is 0. The predicted molar refractivity (Wildman–Crippen MR) is 535 cm³/mol. The zero-order valence-electron chi connectivity index (χ0n) is 89.2. The third kappa shape index (κ3) is 46.8. The first kappa shape index (κ1) is 117. The van der Waals surface area contributed by atoms with Gasteiger partial charge < -0.3 is 39.5 Å². The fourth-order valence-corrected chi connectivity index (χ4v) is 17.9. The van der Waals surface area contributed by atoms with Crippen LogP contribution < -0.4 is 5.32 Å². The minimum Gasteiger partial charge on any atom is -0.392 e. The Labute approximate surface area is 769 Å². The summed E-state index contributed by atoms with van der Waals surface area (Å²) in [5.41, 5.74) is 4.08. The monoisotopic (exact) mass is 1750 g/mol. The Kier molecular flexibility index (Phi) is 50.2. The Morgan fingerprint density at radius 3 is 1.03 bits per heavy atom. The number of ether oxygens (including phenoxy) is 3. The number of morpholine rings is 2. The quantitative estimate of drug-likeness (QED) is 0.228. The highest BCUT2D eigenvalue weighted by molar-refractivity contribution is 5.14. The van der Waals surface area contributed by atoms with Crippen LogP contribution in [0.1, 0.15) is 268 Å². The lowest BCUT2D eigenvalue weighted by Gasteiger charge is -2.46. The SMILES string of the molecule is CC(C)(C)N1CCN(C2COC2)CC1.CC(C)(C)N1CCN(Cc2ccccc2)CC1.CC(C)(C)N1CCNCC1.CC(C)(C)N1CC[C@@H](O)C1.CC(C)N1CCN(C(C)(C)C)CC1.CC1(O)CCN(C(C)(C)C)C1.CCN1CCN(C(C)(C)C)CC1.CN(C)CCN1CCN(C(C)(C)C)CC1.C[C@@H]1COCCN1C(C)(C)C.C[C@H]1COCCN1C(C)(C)C. The number of likely N-dealkylation sites (tertiary alicyclic amines) is 2. The molecule has 0 radical (unpaired) electrons. The average Bonchev–Trinajstić information content (AvgIpc) is 1.60. The van der Waals surface area contributed by atoms with E-state index in [4.69, 9.17) is 14.2 Å². The summed E-state index contributed by atoms with van der Waals surface area (Å²) in [5, 5.41) is 22.3. The molecule has 0 amide bonds. The van der Waals surface area contributed by atoms with Crippen molar-refractivity contribution in [2.24, 2.45) is 0 Å². The number of nitrogens with one attached hydrogen (secondary N) is 1. The molecular weight excluding hydrogens is 1540 g/mol. The van der Waals surface area contributed by atoms with E-state index in [0.29, 0.717) is 62.4 Å². The highest BCUT2D eigenvalue weighted by atomic mass is 16.5. The van der Waals surface area contributed by atoms with Gasteiger partial charge in [-0.1, -0.05) is 37.3 Å². The van der Waals surface area contributed by atoms with Gasteiger partial charge in [-0.3, -0.25) is 68.6 Å². The lowest BCUT2D eigenvalue weighted by molar-refractivity contribution is -0.0830. The summed E-state index contributed by atoms with van der Waals surface area (Å²) in [6.07, 6.45) is 1.76. The molecule has 11 saturated heterocycles. The molecule has 0 spiro atoms. The van der Waals surface area contributed by atoms with Crippen molar-refractivity contribution >= 4 is 0 Å². The second kappa shape index (κ2) is 53.4. The van der Waals surface area contributed by atoms with Crippen LogP contribution in [-0.4, -0.2) is 450 Å². The van der Waals surface area contributed by atoms with Gasteiger partial charge in [0, 0.05) is 289 Å². The number of β-amino-alcohol motifs (C(OH)–C–C–N with tert-alkyl or cyclic N) is 2. The van der Waals surface area contributed by atoms with E-state index in [9.17, 15) is 10.2 Å². The van der Waals surface area contributed by atoms with Gasteiger partial charge in [0.05, 0.1) is 57.4 Å². The summed E-state index contributed by atoms with van der Waals surface area (Å²) in [6, 6.07) is 13.3. The Balaban J connectivity index is 0.000000357. The van der Waals surface area contributed by atoms with Crippen LogP contribution >= 0.6 is 0 Å². The predicted octanol–water partition coefficient (Wildman–Crippen LogP) is 13.4. The van der Waals surface area contributed by atoms with Crippen LogP contribution in [0.25, 0.3) is 0 Å². The maximum Gasteiger partial charge on any atom is 0.0758 e. The molecule has 22 nitrogen and oxygen atoms in total. The van der Waals surface area contributed by atoms with Gasteiger partial charge in [-0.05, 0) is 281 Å². The summed E-state index contributed by atoms with van der Waals surface area (Å²) in [4.78, 5) is 40.1. The molecule has 1 aromatic rings. The van der Waals surface area contributed by atoms with Crippen LogP contribution in [0.2, 0.25) is 0 Å². The number of hydrogen-bond acceptors (Lipinski definition) is 22. The molecular formula is C102H211N17O5. The largest absolute Gasteiger partial charge is 0.392 e. The van der Waals surface area contributed by atoms with Crippen LogP contribution in [0.15, 0.2) is 30.3 Å². The van der Waals surface area contributed by atoms with Crippen molar-refractivity contribution in [2.75, 3.05) is 270 Å². The molecule has 11 heterocycles. The molecule has 4 atom stereocenters. The van der Waals surface area contributed by atoms with Crippen molar-refractivity contribution in [1.29, 1.82) is 0 Å². The molecule has 1 unspecified atom stereocenters. The Morgan fingerprint density at radius 1 is 0.411 bits per heavy atom. The van der Waals surface area contributed by atoms with Gasteiger partial charge >= 0.3 is 0 Å². The third-order valence-corrected chi connectivity index (χ3v) is 27.0. The zero-order chi connectivity index (χ0) is 94.3. The van der Waals surface area contributed by atoms with Crippen molar-refractivity contribution in [2.45, 2.75) is 360 Å². The second-order valence-corrected chi connectivity index (χ2v) is 48.4. The molecule has 3 N–H and O–H groups in total. The van der Waals surface area contributed by atoms with E-state index in [1.54, 1.807) is 0 Å². The Bertz CT molecular complexity index is 2820. The standard InChI is InChI=1S/C15H24N2.C12H27N3.C11H22N2O.C11H24N2.C10H22N2.3C9H19NO.C8H18N2.C8H17NO/c1-15(2,3)17-11-9-16(10-12-17)13-14-7-5-4-6-8-14;1-12(2,3)15-10-8-14(9-11-15)7-6-13(4)5;1-11(2,3)13-6-4-12(5-7-13)10-8-14-9-10;1-10(2)12-6-8-13(9-7-12)11(3,4)5;1-5-11-6-8-12(9-7-11)10(2,3)4;2*1-8-7-11-6-5-10(8)9(2,3)4;1-8(2,3)10-6-5-9(4,11)7-10;1-8(2,3)10-6-4-9-5-7-10;1-8(2,3)9-5-4-7(10)6-9/h4-8H,9-13H2,1-3H3;6-11H2,1-5H3;10H,4-9H2,1-3H3;10H,6-9H2,1-5H3;5-9H2,1-4H3;2*8H,5-7H2,1-4H3;11H,5-7H2,1-4H3;9H,4-7H2,1-3H3;7,10H,4-6H2,1-3H3/t;;;;;2*8-;;;7-/m.....10..1/s1. The summed E-state index contributed by atoms with van der Waals surface area (Å²) in [7, 11) is 4.29. The lowest BCUT2D eigenvalue weighted by Crippen LogP contribution is -2.59. The van der Waals surface area contributed by atoms with E-state index in [2.05, 4.69) is 370 Å². The summed E-state index contributed by atoms with van der Waals surface area (Å²) < 4.78 is 16.0. The summed E-state index contributed by atoms with van der Waals surface area (Å²) >= 11 is 0. The maximum absolute atomic E-state index is 9.69. The van der Waals surface area contributed by atoms with Crippen LogP contribution in [0.5, 0.6) is 0 Å². The van der Waals surface area contributed by atoms with Gasteiger partial charge in [-0.15, -0.1) is 0 Å². The maximum atomic E-state index is 9.69. The first-order valence-corrected chi connectivity index (χ1v) is 49.6. The number of rotatable bonds is 8.